The Balaban J connectivity index is 0.000000360. The van der Waals surface area contributed by atoms with E-state index < -0.39 is 21.0 Å². The van der Waals surface area contributed by atoms with Crippen LogP contribution in [0.4, 0.5) is 3.47 Å². The van der Waals surface area contributed by atoms with Crippen LogP contribution < -0.4 is 0 Å². The Morgan fingerprint density at radius 2 is 2.00 bits per heavy atom. The Labute approximate surface area is 89.1 Å². The minimum atomic E-state index is -1.92. The fourth-order valence-corrected chi connectivity index (χ4v) is 0.291. The van der Waals surface area contributed by atoms with Crippen molar-refractivity contribution in [2.24, 2.45) is 0 Å². The first kappa shape index (κ1) is 9.00. The number of aliphatic hydroxyl groups is 1. The zero-order valence-corrected chi connectivity index (χ0v) is 4.74. The van der Waals surface area contributed by atoms with Crippen LogP contribution in [0.3, 0.4) is 0 Å². The van der Waals surface area contributed by atoms with Crippen LogP contribution in [-0.4, -0.2) is 77.5 Å². The molecule has 6 heteroatoms. The molecule has 1 aliphatic rings. The minimum absolute atomic E-state index is 0. The fraction of sp³-hybridized carbons (Fsp3) is 1.00. The average Bonchev–Trinajstić information content (AvgIpc) is 2.22. The van der Waals surface area contributed by atoms with Gasteiger partial charge in [-0.3, -0.25) is 0 Å². The number of hydrogen-bond donors (Lipinski definition) is 1. The van der Waals surface area contributed by atoms with Gasteiger partial charge in [-0.25, -0.2) is 0 Å². The molecule has 1 unspecified atom stereocenters. The molecule has 0 aromatic carbocycles. The van der Waals surface area contributed by atoms with E-state index in [1.54, 1.807) is 0 Å². The second kappa shape index (κ2) is 3.24. The Bertz CT molecular complexity index is 66.0. The van der Waals surface area contributed by atoms with Crippen molar-refractivity contribution in [1.29, 1.82) is 0 Å². The van der Waals surface area contributed by atoms with Crippen LogP contribution >= 0.6 is 0 Å². The van der Waals surface area contributed by atoms with E-state index in [2.05, 4.69) is 9.78 Å². The fourth-order valence-electron chi connectivity index (χ4n) is 0.0710. The number of halogens is 1. The van der Waals surface area contributed by atoms with Crippen LogP contribution in [0.2, 0.25) is 0 Å². The molecule has 0 radical (unpaired) electrons. The van der Waals surface area contributed by atoms with Gasteiger partial charge in [0.15, 0.2) is 0 Å². The van der Waals surface area contributed by atoms with Crippen molar-refractivity contribution >= 4 is 67.6 Å². The summed E-state index contributed by atoms with van der Waals surface area (Å²) in [5.41, 5.74) is 0. The third-order valence-corrected chi connectivity index (χ3v) is 1.21. The zero-order chi connectivity index (χ0) is 4.62. The van der Waals surface area contributed by atoms with Crippen molar-refractivity contribution in [3.63, 3.8) is 0 Å². The molecule has 1 fully saturated rings. The standard InChI is InChI=1S/CH2AsFO3.K.H/c3-2-1(4)5-6-1;;/h2,4H;;. The van der Waals surface area contributed by atoms with Crippen LogP contribution in [0.1, 0.15) is 0 Å². The van der Waals surface area contributed by atoms with E-state index in [-0.39, 0.29) is 51.4 Å². The SMILES string of the molecule is OC1([AsH]F)OO1.[KH]. The van der Waals surface area contributed by atoms with Crippen molar-refractivity contribution in [3.05, 3.63) is 0 Å². The molecular formula is CH3AsFKO3. The Hall–Kier alpha value is 2.00. The molecule has 7 heavy (non-hydrogen) atoms. The van der Waals surface area contributed by atoms with Gasteiger partial charge in [0.2, 0.25) is 0 Å². The first-order valence-corrected chi connectivity index (χ1v) is 3.08. The molecule has 0 aromatic heterocycles. The third kappa shape index (κ3) is 2.88. The van der Waals surface area contributed by atoms with Crippen LogP contribution in [0.5, 0.6) is 0 Å². The molecular weight excluding hydrogens is 193 g/mol. The molecule has 38 valence electrons. The number of hydrogen-bond acceptors (Lipinski definition) is 3. The van der Waals surface area contributed by atoms with Crippen molar-refractivity contribution in [3.8, 4) is 0 Å². The van der Waals surface area contributed by atoms with E-state index in [0.29, 0.717) is 0 Å². The molecule has 0 aromatic rings. The van der Waals surface area contributed by atoms with E-state index in [4.69, 9.17) is 5.11 Å². The van der Waals surface area contributed by atoms with Gasteiger partial charge in [0.05, 0.1) is 0 Å². The summed E-state index contributed by atoms with van der Waals surface area (Å²) in [6.07, 6.45) is 0. The van der Waals surface area contributed by atoms with E-state index in [1.165, 1.54) is 0 Å². The predicted octanol–water partition coefficient (Wildman–Crippen LogP) is -1.78. The summed E-state index contributed by atoms with van der Waals surface area (Å²) in [6, 6.07) is 0. The van der Waals surface area contributed by atoms with Crippen LogP contribution in [-0.2, 0) is 9.78 Å². The molecule has 3 nitrogen and oxygen atoms in total. The van der Waals surface area contributed by atoms with E-state index in [0.717, 1.165) is 0 Å². The molecule has 0 bridgehead atoms. The van der Waals surface area contributed by atoms with Gasteiger partial charge in [-0.15, -0.1) is 0 Å². The molecule has 1 saturated heterocycles. The van der Waals surface area contributed by atoms with Crippen LogP contribution in [0, 0.1) is 0 Å². The molecule has 0 saturated carbocycles. The van der Waals surface area contributed by atoms with Gasteiger partial charge in [0.25, 0.3) is 0 Å². The van der Waals surface area contributed by atoms with Gasteiger partial charge in [0.1, 0.15) is 0 Å². The quantitative estimate of drug-likeness (QED) is 0.306. The first-order chi connectivity index (χ1) is 2.77. The van der Waals surface area contributed by atoms with Crippen molar-refractivity contribution < 1.29 is 18.3 Å². The second-order valence-corrected chi connectivity index (χ2v) is 2.57. The van der Waals surface area contributed by atoms with Gasteiger partial charge >= 0.3 is 90.7 Å². The maximum atomic E-state index is 11.2. The maximum absolute atomic E-state index is 11.2. The van der Waals surface area contributed by atoms with Crippen molar-refractivity contribution in [1.82, 2.24) is 0 Å². The van der Waals surface area contributed by atoms with Crippen LogP contribution in [0.25, 0.3) is 0 Å². The van der Waals surface area contributed by atoms with E-state index in [9.17, 15) is 3.47 Å². The summed E-state index contributed by atoms with van der Waals surface area (Å²) >= 11 is -1.92. The molecule has 1 aliphatic heterocycles. The van der Waals surface area contributed by atoms with Gasteiger partial charge in [-0.05, 0) is 0 Å². The molecule has 1 atom stereocenters. The molecule has 1 rings (SSSR count). The molecule has 0 spiro atoms. The molecule has 0 amide bonds. The summed E-state index contributed by atoms with van der Waals surface area (Å²) in [7, 11) is 0. The summed E-state index contributed by atoms with van der Waals surface area (Å²) < 4.78 is 9.44. The van der Waals surface area contributed by atoms with E-state index >= 15 is 0 Å². The zero-order valence-electron chi connectivity index (χ0n) is 2.64. The van der Waals surface area contributed by atoms with Crippen LogP contribution in [0.15, 0.2) is 0 Å². The number of rotatable bonds is 1. The Morgan fingerprint density at radius 1 is 1.57 bits per heavy atom. The Morgan fingerprint density at radius 3 is 2.00 bits per heavy atom. The van der Waals surface area contributed by atoms with Crippen molar-refractivity contribution in [2.45, 2.75) is 4.76 Å². The monoisotopic (exact) mass is 196 g/mol. The third-order valence-electron chi connectivity index (χ3n) is 0.361. The topological polar surface area (TPSA) is 45.3 Å². The first-order valence-electron chi connectivity index (χ1n) is 1.24. The van der Waals surface area contributed by atoms with Gasteiger partial charge in [0, 0.05) is 0 Å². The van der Waals surface area contributed by atoms with Gasteiger partial charge in [-0.2, -0.15) is 0 Å². The summed E-state index contributed by atoms with van der Waals surface area (Å²) in [4.78, 5) is 7.56. The normalized spacial score (nSPS) is 24.9. The molecule has 1 heterocycles. The van der Waals surface area contributed by atoms with E-state index in [1.807, 2.05) is 0 Å². The summed E-state index contributed by atoms with van der Waals surface area (Å²) in [5.74, 6) is 0. The summed E-state index contributed by atoms with van der Waals surface area (Å²) in [5, 5.41) is 8.17. The predicted molar refractivity (Wildman–Crippen MR) is 22.5 cm³/mol. The second-order valence-electron chi connectivity index (χ2n) is 0.843. The Kier molecular flexibility index (Phi) is 4.17. The average molecular weight is 196 g/mol. The molecule has 1 N–H and O–H groups in total. The molecule has 0 aliphatic carbocycles. The van der Waals surface area contributed by atoms with Crippen molar-refractivity contribution in [2.75, 3.05) is 0 Å². The van der Waals surface area contributed by atoms with Gasteiger partial charge in [-0.1, -0.05) is 0 Å². The van der Waals surface area contributed by atoms with Gasteiger partial charge < -0.3 is 0 Å². The summed E-state index contributed by atoms with van der Waals surface area (Å²) in [6.45, 7) is 0.